The van der Waals surface area contributed by atoms with Gasteiger partial charge in [-0.05, 0) is 26.2 Å². The Labute approximate surface area is 97.9 Å². The lowest BCUT2D eigenvalue weighted by Gasteiger charge is -2.38. The largest absolute Gasteiger partial charge is 0.375 e. The predicted molar refractivity (Wildman–Crippen MR) is 63.1 cm³/mol. The summed E-state index contributed by atoms with van der Waals surface area (Å²) >= 11 is 0. The van der Waals surface area contributed by atoms with Crippen LogP contribution >= 0.6 is 0 Å². The van der Waals surface area contributed by atoms with Crippen LogP contribution in [0.1, 0.15) is 46.5 Å². The van der Waals surface area contributed by atoms with Gasteiger partial charge in [0.2, 0.25) is 5.91 Å². The molecule has 0 bridgehead atoms. The number of amides is 1. The van der Waals surface area contributed by atoms with E-state index in [0.29, 0.717) is 18.1 Å². The number of nitrogens with one attached hydrogen (secondary N) is 1. The van der Waals surface area contributed by atoms with E-state index in [4.69, 9.17) is 4.74 Å². The third kappa shape index (κ3) is 2.40. The highest BCUT2D eigenvalue weighted by atomic mass is 16.5. The maximum absolute atomic E-state index is 11.8. The van der Waals surface area contributed by atoms with Gasteiger partial charge in [0.05, 0.1) is 12.2 Å². The first-order chi connectivity index (χ1) is 7.58. The Morgan fingerprint density at radius 2 is 2.12 bits per heavy atom. The first-order valence-electron chi connectivity index (χ1n) is 6.53. The Morgan fingerprint density at radius 1 is 1.38 bits per heavy atom. The highest BCUT2D eigenvalue weighted by Crippen LogP contribution is 2.37. The van der Waals surface area contributed by atoms with E-state index < -0.39 is 0 Å². The molecule has 1 saturated heterocycles. The zero-order chi connectivity index (χ0) is 11.7. The summed E-state index contributed by atoms with van der Waals surface area (Å²) in [7, 11) is 0. The van der Waals surface area contributed by atoms with Crippen LogP contribution in [0.15, 0.2) is 0 Å². The summed E-state index contributed by atoms with van der Waals surface area (Å²) in [6, 6.07) is 0.339. The molecular weight excluding hydrogens is 202 g/mol. The maximum atomic E-state index is 11.8. The lowest BCUT2D eigenvalue weighted by Crippen LogP contribution is -2.50. The molecule has 92 valence electrons. The second kappa shape index (κ2) is 4.74. The predicted octanol–water partition coefficient (Wildman–Crippen LogP) is 2.10. The molecule has 2 fully saturated rings. The standard InChI is InChI=1S/C13H23NO2/c1-8(2)13(15)14-11-7-9(3)16-12-6-4-5-10(11)12/h8-12H,4-7H2,1-3H3,(H,14,15)/t9-,10-,11+,12+/m0/s1. The minimum absolute atomic E-state index is 0.0815. The molecule has 3 heteroatoms. The van der Waals surface area contributed by atoms with Crippen molar-refractivity contribution in [2.24, 2.45) is 11.8 Å². The highest BCUT2D eigenvalue weighted by Gasteiger charge is 2.40. The molecule has 1 heterocycles. The Kier molecular flexibility index (Phi) is 3.53. The number of carbonyl (C=O) groups is 1. The summed E-state index contributed by atoms with van der Waals surface area (Å²) < 4.78 is 5.93. The Hall–Kier alpha value is -0.570. The van der Waals surface area contributed by atoms with Gasteiger partial charge in [-0.25, -0.2) is 0 Å². The average Bonchev–Trinajstić information content (AvgIpc) is 2.65. The van der Waals surface area contributed by atoms with E-state index in [1.807, 2.05) is 13.8 Å². The molecule has 0 unspecified atom stereocenters. The first kappa shape index (κ1) is 11.9. The molecule has 0 spiro atoms. The van der Waals surface area contributed by atoms with Crippen molar-refractivity contribution in [1.82, 2.24) is 5.32 Å². The van der Waals surface area contributed by atoms with Crippen LogP contribution in [-0.4, -0.2) is 24.2 Å². The molecule has 16 heavy (non-hydrogen) atoms. The van der Waals surface area contributed by atoms with E-state index >= 15 is 0 Å². The van der Waals surface area contributed by atoms with Crippen LogP contribution in [0.4, 0.5) is 0 Å². The minimum Gasteiger partial charge on any atom is -0.375 e. The van der Waals surface area contributed by atoms with Crippen LogP contribution in [0, 0.1) is 11.8 Å². The summed E-state index contributed by atoms with van der Waals surface area (Å²) in [5.74, 6) is 0.821. The van der Waals surface area contributed by atoms with Crippen molar-refractivity contribution in [2.45, 2.75) is 64.7 Å². The first-order valence-corrected chi connectivity index (χ1v) is 6.53. The Balaban J connectivity index is 1.98. The monoisotopic (exact) mass is 225 g/mol. The number of rotatable bonds is 2. The smallest absolute Gasteiger partial charge is 0.222 e. The summed E-state index contributed by atoms with van der Waals surface area (Å²) in [5.41, 5.74) is 0. The van der Waals surface area contributed by atoms with Crippen LogP contribution in [0.2, 0.25) is 0 Å². The fourth-order valence-electron chi connectivity index (χ4n) is 2.99. The Bertz CT molecular complexity index is 265. The molecule has 2 rings (SSSR count). The van der Waals surface area contributed by atoms with Crippen molar-refractivity contribution in [3.8, 4) is 0 Å². The molecule has 1 amide bonds. The van der Waals surface area contributed by atoms with Crippen molar-refractivity contribution in [2.75, 3.05) is 0 Å². The van der Waals surface area contributed by atoms with Gasteiger partial charge in [0.25, 0.3) is 0 Å². The number of hydrogen-bond acceptors (Lipinski definition) is 2. The van der Waals surface area contributed by atoms with Crippen LogP contribution < -0.4 is 5.32 Å². The van der Waals surface area contributed by atoms with E-state index in [9.17, 15) is 4.79 Å². The number of carbonyl (C=O) groups excluding carboxylic acids is 1. The summed E-state index contributed by atoms with van der Waals surface area (Å²) in [4.78, 5) is 11.8. The van der Waals surface area contributed by atoms with Crippen LogP contribution in [-0.2, 0) is 9.53 Å². The molecule has 4 atom stereocenters. The molecule has 1 aliphatic carbocycles. The van der Waals surface area contributed by atoms with Crippen LogP contribution in [0.25, 0.3) is 0 Å². The van der Waals surface area contributed by atoms with Gasteiger partial charge in [-0.2, -0.15) is 0 Å². The second-order valence-corrected chi connectivity index (χ2v) is 5.59. The van der Waals surface area contributed by atoms with Crippen LogP contribution in [0.3, 0.4) is 0 Å². The van der Waals surface area contributed by atoms with Crippen molar-refractivity contribution >= 4 is 5.91 Å². The summed E-state index contributed by atoms with van der Waals surface area (Å²) in [5, 5.41) is 3.20. The van der Waals surface area contributed by atoms with Crippen molar-refractivity contribution in [1.29, 1.82) is 0 Å². The zero-order valence-corrected chi connectivity index (χ0v) is 10.5. The van der Waals surface area contributed by atoms with Gasteiger partial charge in [0.15, 0.2) is 0 Å². The minimum atomic E-state index is 0.0815. The van der Waals surface area contributed by atoms with Crippen molar-refractivity contribution in [3.05, 3.63) is 0 Å². The van der Waals surface area contributed by atoms with Gasteiger partial charge in [-0.1, -0.05) is 20.3 Å². The average molecular weight is 225 g/mol. The third-order valence-corrected chi connectivity index (χ3v) is 3.87. The molecule has 0 aromatic carbocycles. The quantitative estimate of drug-likeness (QED) is 0.781. The molecule has 3 nitrogen and oxygen atoms in total. The molecule has 2 aliphatic rings. The topological polar surface area (TPSA) is 38.3 Å². The molecule has 0 aromatic rings. The normalized spacial score (nSPS) is 38.5. The van der Waals surface area contributed by atoms with Gasteiger partial charge in [-0.3, -0.25) is 4.79 Å². The molecule has 1 N–H and O–H groups in total. The molecular formula is C13H23NO2. The molecule has 0 radical (unpaired) electrons. The fourth-order valence-corrected chi connectivity index (χ4v) is 2.99. The van der Waals surface area contributed by atoms with E-state index in [0.717, 1.165) is 6.42 Å². The lowest BCUT2D eigenvalue weighted by atomic mass is 9.88. The van der Waals surface area contributed by atoms with Gasteiger partial charge in [0.1, 0.15) is 0 Å². The van der Waals surface area contributed by atoms with Gasteiger partial charge < -0.3 is 10.1 Å². The molecule has 0 aromatic heterocycles. The summed E-state index contributed by atoms with van der Waals surface area (Å²) in [6.07, 6.45) is 5.28. The Morgan fingerprint density at radius 3 is 2.81 bits per heavy atom. The second-order valence-electron chi connectivity index (χ2n) is 5.59. The van der Waals surface area contributed by atoms with Gasteiger partial charge in [0, 0.05) is 17.9 Å². The molecule has 1 saturated carbocycles. The summed E-state index contributed by atoms with van der Waals surface area (Å²) in [6.45, 7) is 6.01. The number of fused-ring (bicyclic) bond motifs is 1. The number of hydrogen-bond donors (Lipinski definition) is 1. The molecule has 1 aliphatic heterocycles. The fraction of sp³-hybridized carbons (Fsp3) is 0.923. The third-order valence-electron chi connectivity index (χ3n) is 3.87. The lowest BCUT2D eigenvalue weighted by molar-refractivity contribution is -0.128. The maximum Gasteiger partial charge on any atom is 0.222 e. The van der Waals surface area contributed by atoms with Crippen molar-refractivity contribution in [3.63, 3.8) is 0 Å². The van der Waals surface area contributed by atoms with Crippen LogP contribution in [0.5, 0.6) is 0 Å². The van der Waals surface area contributed by atoms with E-state index in [1.165, 1.54) is 19.3 Å². The zero-order valence-electron chi connectivity index (χ0n) is 10.5. The van der Waals surface area contributed by atoms with E-state index in [-0.39, 0.29) is 17.9 Å². The van der Waals surface area contributed by atoms with E-state index in [2.05, 4.69) is 12.2 Å². The van der Waals surface area contributed by atoms with Gasteiger partial charge >= 0.3 is 0 Å². The van der Waals surface area contributed by atoms with E-state index in [1.54, 1.807) is 0 Å². The van der Waals surface area contributed by atoms with Crippen molar-refractivity contribution < 1.29 is 9.53 Å². The number of ether oxygens (including phenoxy) is 1. The SMILES string of the molecule is CC(C)C(=O)N[C@@H]1C[C@H](C)O[C@@H]2CCC[C@@H]12. The van der Waals surface area contributed by atoms with Gasteiger partial charge in [-0.15, -0.1) is 0 Å². The highest BCUT2D eigenvalue weighted by molar-refractivity contribution is 5.78.